The summed E-state index contributed by atoms with van der Waals surface area (Å²) in [4.78, 5) is 4.13. The molecule has 0 aliphatic carbocycles. The standard InChI is InChI=1S/C18H14ClNO/c1-21-18-7-3-2-6-16(18)13-8-9-15(17(19)11-13)14-5-4-10-20-12-14/h2-12H,1H3. The smallest absolute Gasteiger partial charge is 0.126 e. The number of nitrogens with zero attached hydrogens (tertiary/aromatic N) is 1. The molecule has 0 spiro atoms. The summed E-state index contributed by atoms with van der Waals surface area (Å²) in [6.45, 7) is 0. The van der Waals surface area contributed by atoms with Crippen LogP contribution in [-0.2, 0) is 0 Å². The molecule has 0 radical (unpaired) electrons. The van der Waals surface area contributed by atoms with Gasteiger partial charge in [-0.25, -0.2) is 0 Å². The largest absolute Gasteiger partial charge is 0.496 e. The number of rotatable bonds is 3. The fourth-order valence-electron chi connectivity index (χ4n) is 2.32. The number of ether oxygens (including phenoxy) is 1. The lowest BCUT2D eigenvalue weighted by Gasteiger charge is -2.10. The third-order valence-corrected chi connectivity index (χ3v) is 3.67. The van der Waals surface area contributed by atoms with E-state index in [0.29, 0.717) is 5.02 Å². The Labute approximate surface area is 129 Å². The lowest BCUT2D eigenvalue weighted by molar-refractivity contribution is 0.416. The number of benzene rings is 2. The predicted molar refractivity (Wildman–Crippen MR) is 86.7 cm³/mol. The summed E-state index contributed by atoms with van der Waals surface area (Å²) >= 11 is 6.44. The number of hydrogen-bond acceptors (Lipinski definition) is 2. The number of aromatic nitrogens is 1. The van der Waals surface area contributed by atoms with E-state index in [1.165, 1.54) is 0 Å². The molecule has 1 aromatic heterocycles. The Kier molecular flexibility index (Phi) is 3.89. The molecule has 0 amide bonds. The summed E-state index contributed by atoms with van der Waals surface area (Å²) in [6.07, 6.45) is 3.56. The van der Waals surface area contributed by atoms with E-state index >= 15 is 0 Å². The van der Waals surface area contributed by atoms with Gasteiger partial charge in [0.15, 0.2) is 0 Å². The molecule has 2 aromatic carbocycles. The van der Waals surface area contributed by atoms with E-state index in [4.69, 9.17) is 16.3 Å². The van der Waals surface area contributed by atoms with Gasteiger partial charge in [0, 0.05) is 34.1 Å². The molecule has 0 saturated carbocycles. The van der Waals surface area contributed by atoms with Gasteiger partial charge in [-0.05, 0) is 23.8 Å². The van der Waals surface area contributed by atoms with Crippen molar-refractivity contribution < 1.29 is 4.74 Å². The Bertz CT molecular complexity index is 756. The van der Waals surface area contributed by atoms with Crippen molar-refractivity contribution in [3.63, 3.8) is 0 Å². The van der Waals surface area contributed by atoms with Gasteiger partial charge in [0.05, 0.1) is 7.11 Å². The Morgan fingerprint density at radius 1 is 0.905 bits per heavy atom. The van der Waals surface area contributed by atoms with Crippen LogP contribution >= 0.6 is 11.6 Å². The summed E-state index contributed by atoms with van der Waals surface area (Å²) < 4.78 is 5.40. The molecule has 0 aliphatic rings. The molecule has 104 valence electrons. The molecule has 3 heteroatoms. The van der Waals surface area contributed by atoms with Crippen LogP contribution < -0.4 is 4.74 Å². The minimum absolute atomic E-state index is 0.700. The summed E-state index contributed by atoms with van der Waals surface area (Å²) in [5.74, 6) is 0.836. The summed E-state index contributed by atoms with van der Waals surface area (Å²) in [5.41, 5.74) is 4.04. The monoisotopic (exact) mass is 295 g/mol. The van der Waals surface area contributed by atoms with Gasteiger partial charge in [-0.2, -0.15) is 0 Å². The first-order valence-corrected chi connectivity index (χ1v) is 7.01. The summed E-state index contributed by atoms with van der Waals surface area (Å²) in [7, 11) is 1.67. The lowest BCUT2D eigenvalue weighted by atomic mass is 10.0. The van der Waals surface area contributed by atoms with Crippen LogP contribution in [0.3, 0.4) is 0 Å². The van der Waals surface area contributed by atoms with E-state index in [-0.39, 0.29) is 0 Å². The average Bonchev–Trinajstić information content (AvgIpc) is 2.55. The normalized spacial score (nSPS) is 10.4. The molecular weight excluding hydrogens is 282 g/mol. The van der Waals surface area contributed by atoms with Crippen LogP contribution in [0, 0.1) is 0 Å². The molecule has 0 saturated heterocycles. The van der Waals surface area contributed by atoms with E-state index in [1.54, 1.807) is 13.3 Å². The highest BCUT2D eigenvalue weighted by Crippen LogP contribution is 2.35. The summed E-state index contributed by atoms with van der Waals surface area (Å²) in [6, 6.07) is 17.8. The molecule has 0 unspecified atom stereocenters. The molecule has 3 aromatic rings. The van der Waals surface area contributed by atoms with Gasteiger partial charge in [0.1, 0.15) is 5.75 Å². The SMILES string of the molecule is COc1ccccc1-c1ccc(-c2cccnc2)c(Cl)c1. The van der Waals surface area contributed by atoms with Gasteiger partial charge < -0.3 is 4.74 Å². The highest BCUT2D eigenvalue weighted by atomic mass is 35.5. The van der Waals surface area contributed by atoms with Crippen molar-refractivity contribution in [2.45, 2.75) is 0 Å². The van der Waals surface area contributed by atoms with Gasteiger partial charge in [-0.3, -0.25) is 4.98 Å². The zero-order valence-electron chi connectivity index (χ0n) is 11.6. The number of halogens is 1. The topological polar surface area (TPSA) is 22.1 Å². The maximum atomic E-state index is 6.44. The summed E-state index contributed by atoms with van der Waals surface area (Å²) in [5, 5.41) is 0.700. The fourth-order valence-corrected chi connectivity index (χ4v) is 2.61. The van der Waals surface area contributed by atoms with Crippen LogP contribution in [0.1, 0.15) is 0 Å². The Morgan fingerprint density at radius 2 is 1.76 bits per heavy atom. The van der Waals surface area contributed by atoms with Gasteiger partial charge in [0.2, 0.25) is 0 Å². The van der Waals surface area contributed by atoms with Crippen LogP contribution in [-0.4, -0.2) is 12.1 Å². The van der Waals surface area contributed by atoms with Crippen LogP contribution in [0.5, 0.6) is 5.75 Å². The van der Waals surface area contributed by atoms with Gasteiger partial charge in [0.25, 0.3) is 0 Å². The highest BCUT2D eigenvalue weighted by Gasteiger charge is 2.09. The lowest BCUT2D eigenvalue weighted by Crippen LogP contribution is -1.88. The fraction of sp³-hybridized carbons (Fsp3) is 0.0556. The third kappa shape index (κ3) is 2.76. The number of pyridine rings is 1. The van der Waals surface area contributed by atoms with Gasteiger partial charge in [-0.15, -0.1) is 0 Å². The maximum Gasteiger partial charge on any atom is 0.126 e. The Morgan fingerprint density at radius 3 is 2.48 bits per heavy atom. The molecule has 0 fully saturated rings. The van der Waals surface area contributed by atoms with E-state index in [2.05, 4.69) is 4.98 Å². The average molecular weight is 296 g/mol. The predicted octanol–water partition coefficient (Wildman–Crippen LogP) is 5.08. The quantitative estimate of drug-likeness (QED) is 0.672. The second kappa shape index (κ2) is 5.98. The van der Waals surface area contributed by atoms with E-state index in [0.717, 1.165) is 28.0 Å². The molecule has 0 aliphatic heterocycles. The number of hydrogen-bond donors (Lipinski definition) is 0. The van der Waals surface area contributed by atoms with E-state index < -0.39 is 0 Å². The van der Waals surface area contributed by atoms with Crippen molar-refractivity contribution in [3.05, 3.63) is 72.0 Å². The van der Waals surface area contributed by atoms with Crippen LogP contribution in [0.2, 0.25) is 5.02 Å². The van der Waals surface area contributed by atoms with Gasteiger partial charge in [-0.1, -0.05) is 48.0 Å². The van der Waals surface area contributed by atoms with Crippen molar-refractivity contribution in [3.8, 4) is 28.0 Å². The number of methoxy groups -OCH3 is 1. The molecule has 21 heavy (non-hydrogen) atoms. The van der Waals surface area contributed by atoms with Crippen molar-refractivity contribution in [2.75, 3.05) is 7.11 Å². The van der Waals surface area contributed by atoms with Crippen molar-refractivity contribution in [1.29, 1.82) is 0 Å². The first kappa shape index (κ1) is 13.7. The van der Waals surface area contributed by atoms with Crippen molar-refractivity contribution >= 4 is 11.6 Å². The molecular formula is C18H14ClNO. The highest BCUT2D eigenvalue weighted by molar-refractivity contribution is 6.33. The molecule has 0 bridgehead atoms. The van der Waals surface area contributed by atoms with Crippen molar-refractivity contribution in [1.82, 2.24) is 4.98 Å². The van der Waals surface area contributed by atoms with Crippen LogP contribution in [0.15, 0.2) is 67.0 Å². The second-order valence-electron chi connectivity index (χ2n) is 4.64. The Balaban J connectivity index is 2.06. The molecule has 1 heterocycles. The molecule has 0 atom stereocenters. The number of para-hydroxylation sites is 1. The van der Waals surface area contributed by atoms with E-state index in [9.17, 15) is 0 Å². The third-order valence-electron chi connectivity index (χ3n) is 3.36. The first-order valence-electron chi connectivity index (χ1n) is 6.63. The Hall–Kier alpha value is -2.32. The van der Waals surface area contributed by atoms with E-state index in [1.807, 2.05) is 60.8 Å². The van der Waals surface area contributed by atoms with Crippen LogP contribution in [0.4, 0.5) is 0 Å². The maximum absolute atomic E-state index is 6.44. The minimum Gasteiger partial charge on any atom is -0.496 e. The molecule has 3 rings (SSSR count). The molecule has 2 nitrogen and oxygen atoms in total. The molecule has 0 N–H and O–H groups in total. The van der Waals surface area contributed by atoms with Crippen LogP contribution in [0.25, 0.3) is 22.3 Å². The minimum atomic E-state index is 0.700. The second-order valence-corrected chi connectivity index (χ2v) is 5.04. The first-order chi connectivity index (χ1) is 10.3. The van der Waals surface area contributed by atoms with Crippen molar-refractivity contribution in [2.24, 2.45) is 0 Å². The van der Waals surface area contributed by atoms with Gasteiger partial charge >= 0.3 is 0 Å². The zero-order chi connectivity index (χ0) is 14.7. The zero-order valence-corrected chi connectivity index (χ0v) is 12.3.